The number of aliphatic hydroxyl groups excluding tert-OH is 1. The molecule has 3 heteroatoms. The van der Waals surface area contributed by atoms with Crippen LogP contribution in [0.25, 0.3) is 0 Å². The maximum Gasteiger partial charge on any atom is 0.123 e. The molecule has 0 radical (unpaired) electrons. The fourth-order valence-electron chi connectivity index (χ4n) is 2.17. The van der Waals surface area contributed by atoms with Crippen LogP contribution in [0.4, 0.5) is 4.39 Å². The van der Waals surface area contributed by atoms with E-state index in [1.807, 2.05) is 25.3 Å². The maximum atomic E-state index is 12.9. The molecule has 1 aromatic carbocycles. The van der Waals surface area contributed by atoms with E-state index >= 15 is 0 Å². The lowest BCUT2D eigenvalue weighted by Crippen LogP contribution is -2.34. The minimum absolute atomic E-state index is 0.243. The number of rotatable bonds is 5. The van der Waals surface area contributed by atoms with E-state index in [0.717, 1.165) is 12.0 Å². The van der Waals surface area contributed by atoms with Gasteiger partial charge in [0.15, 0.2) is 0 Å². The van der Waals surface area contributed by atoms with E-state index in [0.29, 0.717) is 6.42 Å². The minimum Gasteiger partial charge on any atom is -0.392 e. The van der Waals surface area contributed by atoms with E-state index in [-0.39, 0.29) is 11.2 Å². The van der Waals surface area contributed by atoms with Gasteiger partial charge in [0, 0.05) is 10.3 Å². The fourth-order valence-corrected chi connectivity index (χ4v) is 2.89. The summed E-state index contributed by atoms with van der Waals surface area (Å²) >= 11 is 1.71. The molecule has 1 unspecified atom stereocenters. The molecular formula is C16H19FOS. The van der Waals surface area contributed by atoms with Gasteiger partial charge >= 0.3 is 0 Å². The van der Waals surface area contributed by atoms with Gasteiger partial charge in [-0.15, -0.1) is 11.3 Å². The monoisotopic (exact) mass is 278 g/mol. The summed E-state index contributed by atoms with van der Waals surface area (Å²) in [7, 11) is 0. The van der Waals surface area contributed by atoms with Crippen LogP contribution in [-0.2, 0) is 11.8 Å². The Bertz CT molecular complexity index is 502. The third kappa shape index (κ3) is 3.43. The number of benzene rings is 1. The zero-order chi connectivity index (χ0) is 13.9. The van der Waals surface area contributed by atoms with Crippen molar-refractivity contribution < 1.29 is 9.50 Å². The summed E-state index contributed by atoms with van der Waals surface area (Å²) in [6, 6.07) is 10.5. The van der Waals surface area contributed by atoms with Gasteiger partial charge < -0.3 is 5.11 Å². The van der Waals surface area contributed by atoms with Gasteiger partial charge in [0.1, 0.15) is 5.82 Å². The summed E-state index contributed by atoms with van der Waals surface area (Å²) in [5, 5.41) is 12.5. The lowest BCUT2D eigenvalue weighted by Gasteiger charge is -2.31. The Balaban J connectivity index is 2.03. The highest BCUT2D eigenvalue weighted by Crippen LogP contribution is 2.30. The molecule has 2 aromatic rings. The maximum absolute atomic E-state index is 12.9. The Morgan fingerprint density at radius 1 is 1.21 bits per heavy atom. The molecule has 1 N–H and O–H groups in total. The highest BCUT2D eigenvalue weighted by Gasteiger charge is 2.29. The van der Waals surface area contributed by atoms with Crippen molar-refractivity contribution in [2.75, 3.05) is 0 Å². The normalized spacial score (nSPS) is 13.5. The Labute approximate surface area is 117 Å². The molecular weight excluding hydrogens is 259 g/mol. The van der Waals surface area contributed by atoms with Crippen LogP contribution in [0.1, 0.15) is 30.7 Å². The summed E-state index contributed by atoms with van der Waals surface area (Å²) in [5.74, 6) is -0.243. The molecule has 1 aromatic heterocycles. The van der Waals surface area contributed by atoms with E-state index in [9.17, 15) is 9.50 Å². The number of aliphatic hydroxyl groups is 1. The highest BCUT2D eigenvalue weighted by atomic mass is 32.1. The van der Waals surface area contributed by atoms with E-state index in [4.69, 9.17) is 0 Å². The van der Waals surface area contributed by atoms with Crippen LogP contribution in [0, 0.1) is 5.82 Å². The van der Waals surface area contributed by atoms with Crippen LogP contribution in [0.3, 0.4) is 0 Å². The standard InChI is InChI=1S/C16H19FOS/c1-16(2,12-5-7-13(17)8-6-12)15(18)10-9-14-4-3-11-19-14/h3-8,11,15,18H,9-10H2,1-2H3. The molecule has 1 nitrogen and oxygen atoms in total. The van der Waals surface area contributed by atoms with Gasteiger partial charge in [-0.05, 0) is 42.0 Å². The summed E-state index contributed by atoms with van der Waals surface area (Å²) < 4.78 is 12.9. The highest BCUT2D eigenvalue weighted by molar-refractivity contribution is 7.09. The lowest BCUT2D eigenvalue weighted by atomic mass is 9.77. The quantitative estimate of drug-likeness (QED) is 0.870. The van der Waals surface area contributed by atoms with E-state index in [1.54, 1.807) is 23.5 Å². The number of aryl methyl sites for hydroxylation is 1. The van der Waals surface area contributed by atoms with Crippen LogP contribution >= 0.6 is 11.3 Å². The van der Waals surface area contributed by atoms with E-state index in [2.05, 4.69) is 6.07 Å². The van der Waals surface area contributed by atoms with Crippen molar-refractivity contribution in [1.82, 2.24) is 0 Å². The predicted octanol–water partition coefficient (Wildman–Crippen LogP) is 4.16. The molecule has 1 atom stereocenters. The zero-order valence-corrected chi connectivity index (χ0v) is 12.1. The summed E-state index contributed by atoms with van der Waals surface area (Å²) in [4.78, 5) is 1.29. The lowest BCUT2D eigenvalue weighted by molar-refractivity contribution is 0.0917. The largest absolute Gasteiger partial charge is 0.392 e. The summed E-state index contributed by atoms with van der Waals surface area (Å²) in [6.45, 7) is 4.00. The zero-order valence-electron chi connectivity index (χ0n) is 11.3. The van der Waals surface area contributed by atoms with E-state index < -0.39 is 6.10 Å². The smallest absolute Gasteiger partial charge is 0.123 e. The molecule has 0 aliphatic rings. The van der Waals surface area contributed by atoms with Crippen LogP contribution in [0.15, 0.2) is 41.8 Å². The first-order valence-electron chi connectivity index (χ1n) is 6.46. The van der Waals surface area contributed by atoms with Gasteiger partial charge in [0.25, 0.3) is 0 Å². The second-order valence-electron chi connectivity index (χ2n) is 5.36. The average molecular weight is 278 g/mol. The molecule has 19 heavy (non-hydrogen) atoms. The van der Waals surface area contributed by atoms with Crippen molar-refractivity contribution in [2.24, 2.45) is 0 Å². The first-order chi connectivity index (χ1) is 9.00. The van der Waals surface area contributed by atoms with Crippen molar-refractivity contribution in [3.8, 4) is 0 Å². The number of thiophene rings is 1. The third-order valence-electron chi connectivity index (χ3n) is 3.67. The molecule has 0 aliphatic carbocycles. The Morgan fingerprint density at radius 3 is 2.47 bits per heavy atom. The van der Waals surface area contributed by atoms with Gasteiger partial charge in [-0.3, -0.25) is 0 Å². The predicted molar refractivity (Wildman–Crippen MR) is 78.1 cm³/mol. The molecule has 102 valence electrons. The van der Waals surface area contributed by atoms with Gasteiger partial charge in [0.2, 0.25) is 0 Å². The number of hydrogen-bond donors (Lipinski definition) is 1. The summed E-state index contributed by atoms with van der Waals surface area (Å²) in [5.41, 5.74) is 0.595. The van der Waals surface area contributed by atoms with Crippen molar-refractivity contribution >= 4 is 11.3 Å². The van der Waals surface area contributed by atoms with Gasteiger partial charge in [-0.25, -0.2) is 4.39 Å². The molecule has 0 saturated carbocycles. The van der Waals surface area contributed by atoms with Crippen LogP contribution in [-0.4, -0.2) is 11.2 Å². The van der Waals surface area contributed by atoms with E-state index in [1.165, 1.54) is 17.0 Å². The van der Waals surface area contributed by atoms with Crippen molar-refractivity contribution in [3.05, 3.63) is 58.0 Å². The number of hydrogen-bond acceptors (Lipinski definition) is 2. The Morgan fingerprint density at radius 2 is 1.89 bits per heavy atom. The molecule has 0 bridgehead atoms. The average Bonchev–Trinajstić information content (AvgIpc) is 2.89. The van der Waals surface area contributed by atoms with Gasteiger partial charge in [-0.2, -0.15) is 0 Å². The molecule has 2 rings (SSSR count). The fraction of sp³-hybridized carbons (Fsp3) is 0.375. The van der Waals surface area contributed by atoms with Crippen molar-refractivity contribution in [2.45, 2.75) is 38.2 Å². The first-order valence-corrected chi connectivity index (χ1v) is 7.34. The molecule has 0 aliphatic heterocycles. The van der Waals surface area contributed by atoms with Crippen LogP contribution in [0.2, 0.25) is 0 Å². The minimum atomic E-state index is -0.444. The topological polar surface area (TPSA) is 20.2 Å². The molecule has 0 fully saturated rings. The van der Waals surface area contributed by atoms with Gasteiger partial charge in [0.05, 0.1) is 6.10 Å². The second-order valence-corrected chi connectivity index (χ2v) is 6.39. The molecule has 1 heterocycles. The SMILES string of the molecule is CC(C)(c1ccc(F)cc1)C(O)CCc1cccs1. The Hall–Kier alpha value is -1.19. The van der Waals surface area contributed by atoms with Crippen molar-refractivity contribution in [3.63, 3.8) is 0 Å². The third-order valence-corrected chi connectivity index (χ3v) is 4.60. The number of halogens is 1. The molecule has 0 saturated heterocycles. The van der Waals surface area contributed by atoms with Crippen LogP contribution in [0.5, 0.6) is 0 Å². The van der Waals surface area contributed by atoms with Gasteiger partial charge in [-0.1, -0.05) is 32.0 Å². The Kier molecular flexibility index (Phi) is 4.38. The first kappa shape index (κ1) is 14.2. The molecule has 0 spiro atoms. The molecule has 0 amide bonds. The summed E-state index contributed by atoms with van der Waals surface area (Å²) in [6.07, 6.45) is 1.15. The second kappa shape index (κ2) is 5.85. The van der Waals surface area contributed by atoms with Crippen LogP contribution < -0.4 is 0 Å². The van der Waals surface area contributed by atoms with Crippen molar-refractivity contribution in [1.29, 1.82) is 0 Å².